The van der Waals surface area contributed by atoms with Gasteiger partial charge in [-0.25, -0.2) is 9.69 Å². The Morgan fingerprint density at radius 2 is 1.96 bits per heavy atom. The average molecular weight is 485 g/mol. The van der Waals surface area contributed by atoms with E-state index in [1.165, 1.54) is 0 Å². The number of carbonyl (C=O) groups is 2. The molecule has 1 heterocycles. The van der Waals surface area contributed by atoms with Crippen molar-refractivity contribution in [2.24, 2.45) is 0 Å². The number of phenolic OH excluding ortho intramolecular Hbond substituents is 1. The Morgan fingerprint density at radius 1 is 1.27 bits per heavy atom. The molecule has 3 rings (SSSR count). The van der Waals surface area contributed by atoms with E-state index < -0.39 is 11.9 Å². The van der Waals surface area contributed by atoms with Crippen LogP contribution in [0, 0.1) is 3.57 Å². The second-order valence-corrected chi connectivity index (χ2v) is 6.99. The molecule has 26 heavy (non-hydrogen) atoms. The molecule has 0 saturated carbocycles. The first-order chi connectivity index (χ1) is 12.4. The maximum absolute atomic E-state index is 12.6. The molecule has 1 aliphatic heterocycles. The van der Waals surface area contributed by atoms with Crippen LogP contribution in [-0.2, 0) is 4.79 Å². The number of nitrogens with one attached hydrogen (secondary N) is 1. The van der Waals surface area contributed by atoms with Gasteiger partial charge in [-0.2, -0.15) is 0 Å². The summed E-state index contributed by atoms with van der Waals surface area (Å²) in [5, 5.41) is 13.1. The number of urea groups is 1. The highest BCUT2D eigenvalue weighted by Gasteiger charge is 2.34. The van der Waals surface area contributed by atoms with Gasteiger partial charge in [-0.3, -0.25) is 4.79 Å². The smallest absolute Gasteiger partial charge is 0.333 e. The molecule has 134 valence electrons. The van der Waals surface area contributed by atoms with E-state index in [0.717, 1.165) is 4.90 Å². The molecule has 0 atom stereocenters. The van der Waals surface area contributed by atoms with Gasteiger partial charge < -0.3 is 15.2 Å². The molecule has 2 aromatic carbocycles. The third-order valence-electron chi connectivity index (χ3n) is 3.62. The van der Waals surface area contributed by atoms with Crippen LogP contribution in [0.2, 0.25) is 5.02 Å². The zero-order chi connectivity index (χ0) is 18.8. The Hall–Kier alpha value is -2.26. The molecule has 2 aromatic rings. The first-order valence-corrected chi connectivity index (χ1v) is 9.14. The highest BCUT2D eigenvalue weighted by molar-refractivity contribution is 14.1. The molecule has 0 bridgehead atoms. The monoisotopic (exact) mass is 484 g/mol. The second kappa shape index (κ2) is 7.55. The van der Waals surface area contributed by atoms with Gasteiger partial charge in [0.1, 0.15) is 5.70 Å². The van der Waals surface area contributed by atoms with Crippen LogP contribution in [0.3, 0.4) is 0 Å². The summed E-state index contributed by atoms with van der Waals surface area (Å²) in [5.41, 5.74) is 1.18. The van der Waals surface area contributed by atoms with Gasteiger partial charge in [0.25, 0.3) is 5.91 Å². The Balaban J connectivity index is 1.94. The number of amides is 3. The van der Waals surface area contributed by atoms with Crippen molar-refractivity contribution in [3.63, 3.8) is 0 Å². The maximum atomic E-state index is 12.6. The summed E-state index contributed by atoms with van der Waals surface area (Å²) in [6.45, 7) is 2.20. The summed E-state index contributed by atoms with van der Waals surface area (Å²) in [5.74, 6) is -0.116. The number of halogens is 2. The van der Waals surface area contributed by atoms with Crippen molar-refractivity contribution in [1.82, 2.24) is 5.32 Å². The number of hydrogen-bond donors (Lipinski definition) is 2. The van der Waals surface area contributed by atoms with Crippen molar-refractivity contribution in [2.75, 3.05) is 11.5 Å². The fraction of sp³-hybridized carbons (Fsp3) is 0.111. The molecule has 2 N–H and O–H groups in total. The number of rotatable bonds is 4. The standard InChI is InChI=1S/C18H14ClIN2O4/c1-2-26-15-9-10(7-13(20)16(15)23)8-14-17(24)22(18(25)21-14)12-5-3-11(19)4-6-12/h3-9,23H,2H2,1H3,(H,21,25). The fourth-order valence-electron chi connectivity index (χ4n) is 2.47. The molecule has 0 aromatic heterocycles. The normalized spacial score (nSPS) is 15.5. The zero-order valence-corrected chi connectivity index (χ0v) is 16.5. The number of nitrogens with zero attached hydrogens (tertiary/aromatic N) is 1. The van der Waals surface area contributed by atoms with Crippen LogP contribution in [-0.4, -0.2) is 23.7 Å². The first kappa shape index (κ1) is 18.5. The molecule has 0 radical (unpaired) electrons. The molecule has 8 heteroatoms. The van der Waals surface area contributed by atoms with Gasteiger partial charge in [0, 0.05) is 5.02 Å². The van der Waals surface area contributed by atoms with Gasteiger partial charge in [-0.1, -0.05) is 11.6 Å². The number of aromatic hydroxyl groups is 1. The number of benzene rings is 2. The third-order valence-corrected chi connectivity index (χ3v) is 4.70. The lowest BCUT2D eigenvalue weighted by Gasteiger charge is -2.11. The number of phenols is 1. The van der Waals surface area contributed by atoms with E-state index in [1.54, 1.807) is 42.5 Å². The Morgan fingerprint density at radius 3 is 2.62 bits per heavy atom. The summed E-state index contributed by atoms with van der Waals surface area (Å²) in [7, 11) is 0. The largest absolute Gasteiger partial charge is 0.504 e. The van der Waals surface area contributed by atoms with Crippen LogP contribution < -0.4 is 15.0 Å². The van der Waals surface area contributed by atoms with E-state index in [-0.39, 0.29) is 11.4 Å². The maximum Gasteiger partial charge on any atom is 0.333 e. The Labute approximate surface area is 168 Å². The van der Waals surface area contributed by atoms with Gasteiger partial charge >= 0.3 is 6.03 Å². The van der Waals surface area contributed by atoms with Crippen LogP contribution >= 0.6 is 34.2 Å². The van der Waals surface area contributed by atoms with Crippen molar-refractivity contribution in [3.05, 3.63) is 56.3 Å². The van der Waals surface area contributed by atoms with Gasteiger partial charge in [0.2, 0.25) is 0 Å². The summed E-state index contributed by atoms with van der Waals surface area (Å²) >= 11 is 7.82. The lowest BCUT2D eigenvalue weighted by Crippen LogP contribution is -2.30. The van der Waals surface area contributed by atoms with E-state index in [0.29, 0.717) is 32.2 Å². The number of hydrogen-bond acceptors (Lipinski definition) is 4. The van der Waals surface area contributed by atoms with Crippen molar-refractivity contribution in [2.45, 2.75) is 6.92 Å². The number of anilines is 1. The molecule has 1 saturated heterocycles. The fourth-order valence-corrected chi connectivity index (χ4v) is 3.22. The van der Waals surface area contributed by atoms with Crippen LogP contribution in [0.5, 0.6) is 11.5 Å². The van der Waals surface area contributed by atoms with E-state index in [1.807, 2.05) is 29.5 Å². The molecule has 0 unspecified atom stereocenters. The van der Waals surface area contributed by atoms with Gasteiger partial charge in [-0.15, -0.1) is 0 Å². The minimum absolute atomic E-state index is 0.0409. The van der Waals surface area contributed by atoms with Crippen LogP contribution in [0.15, 0.2) is 42.1 Å². The lowest BCUT2D eigenvalue weighted by molar-refractivity contribution is -0.113. The highest BCUT2D eigenvalue weighted by atomic mass is 127. The van der Waals surface area contributed by atoms with Crippen molar-refractivity contribution in [3.8, 4) is 11.5 Å². The minimum atomic E-state index is -0.540. The summed E-state index contributed by atoms with van der Waals surface area (Å²) in [6.07, 6.45) is 1.54. The van der Waals surface area contributed by atoms with Crippen LogP contribution in [0.25, 0.3) is 6.08 Å². The number of imide groups is 1. The molecule has 0 aliphatic carbocycles. The second-order valence-electron chi connectivity index (χ2n) is 5.39. The van der Waals surface area contributed by atoms with E-state index in [4.69, 9.17) is 16.3 Å². The van der Waals surface area contributed by atoms with Crippen molar-refractivity contribution < 1.29 is 19.4 Å². The predicted octanol–water partition coefficient (Wildman–Crippen LogP) is 4.15. The summed E-state index contributed by atoms with van der Waals surface area (Å²) < 4.78 is 5.97. The highest BCUT2D eigenvalue weighted by Crippen LogP contribution is 2.34. The molecule has 3 amide bonds. The van der Waals surface area contributed by atoms with Crippen molar-refractivity contribution in [1.29, 1.82) is 0 Å². The van der Waals surface area contributed by atoms with Gasteiger partial charge in [0.05, 0.1) is 15.9 Å². The quantitative estimate of drug-likeness (QED) is 0.388. The molecule has 0 spiro atoms. The first-order valence-electron chi connectivity index (χ1n) is 7.68. The van der Waals surface area contributed by atoms with E-state index in [2.05, 4.69) is 5.32 Å². The summed E-state index contributed by atoms with van der Waals surface area (Å²) in [4.78, 5) is 25.9. The predicted molar refractivity (Wildman–Crippen MR) is 107 cm³/mol. The van der Waals surface area contributed by atoms with E-state index >= 15 is 0 Å². The topological polar surface area (TPSA) is 78.9 Å². The van der Waals surface area contributed by atoms with Crippen LogP contribution in [0.1, 0.15) is 12.5 Å². The molecule has 1 fully saturated rings. The molecule has 6 nitrogen and oxygen atoms in total. The Bertz CT molecular complexity index is 912. The number of ether oxygens (including phenoxy) is 1. The van der Waals surface area contributed by atoms with Gasteiger partial charge in [-0.05, 0) is 77.6 Å². The van der Waals surface area contributed by atoms with Crippen molar-refractivity contribution >= 4 is 57.9 Å². The third kappa shape index (κ3) is 3.63. The number of carbonyl (C=O) groups excluding carboxylic acids is 2. The average Bonchev–Trinajstić information content (AvgIpc) is 2.87. The minimum Gasteiger partial charge on any atom is -0.504 e. The zero-order valence-electron chi connectivity index (χ0n) is 13.6. The Kier molecular flexibility index (Phi) is 5.38. The van der Waals surface area contributed by atoms with Crippen LogP contribution in [0.4, 0.5) is 10.5 Å². The molecule has 1 aliphatic rings. The molecular weight excluding hydrogens is 471 g/mol. The van der Waals surface area contributed by atoms with Gasteiger partial charge in [0.15, 0.2) is 11.5 Å². The molecular formula is C18H14ClIN2O4. The van der Waals surface area contributed by atoms with E-state index in [9.17, 15) is 14.7 Å². The SMILES string of the molecule is CCOc1cc(C=C2NC(=O)N(c3ccc(Cl)cc3)C2=O)cc(I)c1O. The lowest BCUT2D eigenvalue weighted by atomic mass is 10.1. The summed E-state index contributed by atoms with van der Waals surface area (Å²) in [6, 6.07) is 9.17.